The van der Waals surface area contributed by atoms with Crippen molar-refractivity contribution in [2.45, 2.75) is 159 Å². The van der Waals surface area contributed by atoms with E-state index in [1.54, 1.807) is 13.8 Å². The van der Waals surface area contributed by atoms with Crippen LogP contribution in [0.25, 0.3) is 0 Å². The van der Waals surface area contributed by atoms with E-state index in [-0.39, 0.29) is 23.4 Å². The minimum absolute atomic E-state index is 0.0143. The molecule has 12 nitrogen and oxygen atoms in total. The molecular formula is C32H52O12. The Balaban J connectivity index is 1.24. The van der Waals surface area contributed by atoms with Crippen LogP contribution in [0, 0.1) is 34.5 Å². The van der Waals surface area contributed by atoms with Crippen LogP contribution in [0.2, 0.25) is 0 Å². The zero-order chi connectivity index (χ0) is 31.9. The highest BCUT2D eigenvalue weighted by atomic mass is 16.7. The summed E-state index contributed by atoms with van der Waals surface area (Å²) < 4.78 is 24.8. The lowest BCUT2D eigenvalue weighted by molar-refractivity contribution is -0.355. The zero-order valence-corrected chi connectivity index (χ0v) is 26.2. The van der Waals surface area contributed by atoms with Gasteiger partial charge in [-0.2, -0.15) is 0 Å². The van der Waals surface area contributed by atoms with Crippen LogP contribution in [-0.2, 0) is 23.7 Å². The monoisotopic (exact) mass is 628 g/mol. The summed E-state index contributed by atoms with van der Waals surface area (Å²) in [6, 6.07) is 0. The summed E-state index contributed by atoms with van der Waals surface area (Å²) in [6.07, 6.45) is -5.40. The second-order valence-electron chi connectivity index (χ2n) is 15.3. The number of aliphatic carboxylic acids is 1. The summed E-state index contributed by atoms with van der Waals surface area (Å²) in [5.41, 5.74) is -1.67. The van der Waals surface area contributed by atoms with Gasteiger partial charge in [-0.15, -0.1) is 0 Å². The third-order valence-corrected chi connectivity index (χ3v) is 13.3. The number of rotatable bonds is 5. The van der Waals surface area contributed by atoms with Gasteiger partial charge in [0.05, 0.1) is 29.8 Å². The van der Waals surface area contributed by atoms with Crippen molar-refractivity contribution in [2.24, 2.45) is 34.5 Å². The van der Waals surface area contributed by atoms with Gasteiger partial charge in [0.1, 0.15) is 36.6 Å². The van der Waals surface area contributed by atoms with Gasteiger partial charge in [-0.05, 0) is 94.8 Å². The summed E-state index contributed by atoms with van der Waals surface area (Å²) in [4.78, 5) is 12.6. The van der Waals surface area contributed by atoms with E-state index in [1.807, 2.05) is 6.92 Å². The summed E-state index contributed by atoms with van der Waals surface area (Å²) in [7, 11) is 0. The molecule has 6 fully saturated rings. The van der Waals surface area contributed by atoms with Crippen LogP contribution < -0.4 is 0 Å². The predicted octanol–water partition coefficient (Wildman–Crippen LogP) is 0.909. The first-order valence-corrected chi connectivity index (χ1v) is 16.6. The molecule has 4 saturated carbocycles. The Morgan fingerprint density at radius 3 is 1.95 bits per heavy atom. The number of ether oxygens (including phenoxy) is 4. The molecule has 12 heteroatoms. The van der Waals surface area contributed by atoms with Crippen LogP contribution in [0.5, 0.6) is 0 Å². The summed E-state index contributed by atoms with van der Waals surface area (Å²) >= 11 is 0. The second-order valence-corrected chi connectivity index (χ2v) is 15.3. The van der Waals surface area contributed by atoms with Crippen LogP contribution in [-0.4, -0.2) is 115 Å². The molecule has 0 amide bonds. The Labute approximate surface area is 258 Å². The van der Waals surface area contributed by atoms with Crippen molar-refractivity contribution in [3.05, 3.63) is 0 Å². The quantitative estimate of drug-likeness (QED) is 0.213. The normalized spacial score (nSPS) is 57.6. The van der Waals surface area contributed by atoms with Crippen molar-refractivity contribution in [2.75, 3.05) is 0 Å². The largest absolute Gasteiger partial charge is 0.481 e. The molecule has 6 aliphatic rings. The lowest BCUT2D eigenvalue weighted by Crippen LogP contribution is -2.67. The third kappa shape index (κ3) is 4.89. The smallest absolute Gasteiger partial charge is 0.307 e. The molecule has 252 valence electrons. The maximum atomic E-state index is 12.6. The Morgan fingerprint density at radius 1 is 0.705 bits per heavy atom. The Hall–Kier alpha value is -0.930. The number of carboxylic acids is 1. The highest BCUT2D eigenvalue weighted by Gasteiger charge is 2.71. The molecule has 0 aromatic carbocycles. The van der Waals surface area contributed by atoms with Crippen LogP contribution in [0.4, 0.5) is 0 Å². The third-order valence-electron chi connectivity index (χ3n) is 13.3. The number of aliphatic hydroxyl groups excluding tert-OH is 6. The minimum Gasteiger partial charge on any atom is -0.481 e. The van der Waals surface area contributed by atoms with Gasteiger partial charge < -0.3 is 54.7 Å². The molecule has 0 radical (unpaired) electrons. The molecule has 2 aliphatic heterocycles. The maximum Gasteiger partial charge on any atom is 0.307 e. The van der Waals surface area contributed by atoms with Crippen molar-refractivity contribution in [1.29, 1.82) is 0 Å². The summed E-state index contributed by atoms with van der Waals surface area (Å²) in [5.74, 6) is -0.903. The van der Waals surface area contributed by atoms with Crippen LogP contribution in [0.15, 0.2) is 0 Å². The molecule has 0 spiro atoms. The topological polar surface area (TPSA) is 196 Å². The van der Waals surface area contributed by atoms with E-state index in [4.69, 9.17) is 18.9 Å². The lowest BCUT2D eigenvalue weighted by atomic mass is 9.43. The highest BCUT2D eigenvalue weighted by molar-refractivity contribution is 5.72. The fourth-order valence-corrected chi connectivity index (χ4v) is 10.6. The predicted molar refractivity (Wildman–Crippen MR) is 153 cm³/mol. The van der Waals surface area contributed by atoms with Gasteiger partial charge in [-0.3, -0.25) is 4.79 Å². The number of fused-ring (bicyclic) bond motifs is 5. The minimum atomic E-state index is -1.47. The van der Waals surface area contributed by atoms with Gasteiger partial charge in [0.15, 0.2) is 12.6 Å². The lowest BCUT2D eigenvalue weighted by Gasteiger charge is -2.65. The highest BCUT2D eigenvalue weighted by Crippen LogP contribution is 2.70. The standard InChI is InChI=1S/C32H52O12/c1-14-21(33)23(35)25(37)28(41-14)43-17-7-10-30(3)16(13-17)5-6-19-18(30)8-11-31(4)20(27(39)40)9-12-32(19,31)44-29-26(38)24(36)22(34)15(2)42-29/h14-26,28-29,33-38H,5-13H2,1-4H3,(H,39,40)/t14-,15-,16-,17?,18+,19-,20-,21-,22-,23+,24+,25+,26+,28-,29+,30+,31-,32?/m1/s1. The van der Waals surface area contributed by atoms with E-state index in [2.05, 4.69) is 6.92 Å². The van der Waals surface area contributed by atoms with Crippen molar-refractivity contribution < 1.29 is 59.5 Å². The van der Waals surface area contributed by atoms with Crippen LogP contribution >= 0.6 is 0 Å². The summed E-state index contributed by atoms with van der Waals surface area (Å²) in [5, 5.41) is 73.0. The number of hydrogen-bond acceptors (Lipinski definition) is 11. The average molecular weight is 629 g/mol. The van der Waals surface area contributed by atoms with E-state index in [1.165, 1.54) is 0 Å². The van der Waals surface area contributed by atoms with Crippen molar-refractivity contribution >= 4 is 5.97 Å². The van der Waals surface area contributed by atoms with Crippen LogP contribution in [0.1, 0.15) is 85.5 Å². The van der Waals surface area contributed by atoms with E-state index in [0.717, 1.165) is 38.5 Å². The molecule has 2 heterocycles. The Kier molecular flexibility index (Phi) is 8.73. The first kappa shape index (κ1) is 33.0. The SMILES string of the molecule is C[C@H]1O[C@H](OC2CC[C@@]3(C)[C@H](CC[C@@H]4[C@@H]3CC[C@]3(C)[C@@H](C(=O)O)CCC43O[C@@H]3O[C@H](C)[C@@H](O)[C@H](O)[C@@H]3O)C2)[C@@H](O)[C@@H](O)[C@@H]1O. The molecule has 0 aromatic rings. The molecule has 18 atom stereocenters. The molecule has 7 N–H and O–H groups in total. The molecule has 4 aliphatic carbocycles. The van der Waals surface area contributed by atoms with Gasteiger partial charge in [0, 0.05) is 5.41 Å². The number of aliphatic hydroxyl groups is 6. The van der Waals surface area contributed by atoms with Crippen molar-refractivity contribution in [1.82, 2.24) is 0 Å². The van der Waals surface area contributed by atoms with Crippen molar-refractivity contribution in [3.63, 3.8) is 0 Å². The molecule has 0 bridgehead atoms. The van der Waals surface area contributed by atoms with E-state index >= 15 is 0 Å². The molecule has 2 saturated heterocycles. The molecular weight excluding hydrogens is 576 g/mol. The van der Waals surface area contributed by atoms with Gasteiger partial charge in [-0.25, -0.2) is 0 Å². The number of carbonyl (C=O) groups is 1. The van der Waals surface area contributed by atoms with Crippen molar-refractivity contribution in [3.8, 4) is 0 Å². The van der Waals surface area contributed by atoms with Gasteiger partial charge >= 0.3 is 5.97 Å². The molecule has 0 aromatic heterocycles. The average Bonchev–Trinajstić information content (AvgIpc) is 3.29. The van der Waals surface area contributed by atoms with Gasteiger partial charge in [0.25, 0.3) is 0 Å². The van der Waals surface area contributed by atoms with E-state index < -0.39 is 84.3 Å². The molecule has 44 heavy (non-hydrogen) atoms. The summed E-state index contributed by atoms with van der Waals surface area (Å²) in [6.45, 7) is 7.61. The zero-order valence-electron chi connectivity index (χ0n) is 26.2. The van der Waals surface area contributed by atoms with Gasteiger partial charge in [0.2, 0.25) is 0 Å². The van der Waals surface area contributed by atoms with E-state index in [0.29, 0.717) is 25.2 Å². The van der Waals surface area contributed by atoms with Gasteiger partial charge in [-0.1, -0.05) is 13.8 Å². The van der Waals surface area contributed by atoms with E-state index in [9.17, 15) is 40.5 Å². The first-order chi connectivity index (χ1) is 20.6. The Bertz CT molecular complexity index is 1080. The molecule has 6 rings (SSSR count). The molecule has 2 unspecified atom stereocenters. The fraction of sp³-hybridized carbons (Fsp3) is 0.969. The number of hydrogen-bond donors (Lipinski definition) is 7. The Morgan fingerprint density at radius 2 is 1.32 bits per heavy atom. The first-order valence-electron chi connectivity index (χ1n) is 16.6. The number of carboxylic acid groups (broad SMARTS) is 1. The maximum absolute atomic E-state index is 12.6. The fourth-order valence-electron chi connectivity index (χ4n) is 10.6. The van der Waals surface area contributed by atoms with Crippen LogP contribution in [0.3, 0.4) is 0 Å². The second kappa shape index (κ2) is 11.6.